The fourth-order valence-electron chi connectivity index (χ4n) is 4.11. The Kier molecular flexibility index (Phi) is 4.79. The summed E-state index contributed by atoms with van der Waals surface area (Å²) in [5.74, 6) is 0.819. The fourth-order valence-corrected chi connectivity index (χ4v) is 5.17. The number of fused-ring (bicyclic) bond motifs is 4. The summed E-state index contributed by atoms with van der Waals surface area (Å²) in [6.07, 6.45) is 5.65. The lowest BCUT2D eigenvalue weighted by Crippen LogP contribution is -2.12. The first-order valence-electron chi connectivity index (χ1n) is 10.5. The van der Waals surface area contributed by atoms with Gasteiger partial charge in [-0.2, -0.15) is 0 Å². The highest BCUT2D eigenvalue weighted by molar-refractivity contribution is 7.18. The maximum Gasteiger partial charge on any atom is 0.136 e. The van der Waals surface area contributed by atoms with E-state index < -0.39 is 0 Å². The van der Waals surface area contributed by atoms with E-state index in [1.165, 1.54) is 37.4 Å². The van der Waals surface area contributed by atoms with E-state index in [0.29, 0.717) is 0 Å². The predicted octanol–water partition coefficient (Wildman–Crippen LogP) is 8.50. The highest BCUT2D eigenvalue weighted by atomic mass is 32.1. The second kappa shape index (κ2) is 7.51. The van der Waals surface area contributed by atoms with Crippen molar-refractivity contribution >= 4 is 55.5 Å². The van der Waals surface area contributed by atoms with Gasteiger partial charge >= 0.3 is 0 Å². The Hall–Kier alpha value is -3.17. The Morgan fingerprint density at radius 3 is 2.61 bits per heavy atom. The van der Waals surface area contributed by atoms with Gasteiger partial charge in [-0.25, -0.2) is 0 Å². The molecule has 0 saturated carbocycles. The van der Waals surface area contributed by atoms with Crippen molar-refractivity contribution in [3.05, 3.63) is 88.6 Å². The molecule has 2 nitrogen and oxygen atoms in total. The zero-order chi connectivity index (χ0) is 21.6. The second-order valence-corrected chi connectivity index (χ2v) is 9.93. The minimum absolute atomic E-state index is 0.0685. The molecular weight excluding hydrogens is 398 g/mol. The van der Waals surface area contributed by atoms with Crippen molar-refractivity contribution < 1.29 is 4.42 Å². The van der Waals surface area contributed by atoms with Gasteiger partial charge in [0.05, 0.1) is 0 Å². The summed E-state index contributed by atoms with van der Waals surface area (Å²) in [5, 5.41) is 7.22. The molecule has 2 aromatic heterocycles. The van der Waals surface area contributed by atoms with Crippen molar-refractivity contribution in [2.24, 2.45) is 4.99 Å². The summed E-state index contributed by atoms with van der Waals surface area (Å²) in [4.78, 5) is 4.54. The third-order valence-corrected chi connectivity index (χ3v) is 6.84. The SMILES string of the molecule is Cc1csc2c1ccc1oc(/C=C\N=Cc3cc(C(C)(C)C)c4ccccc4c3)cc12. The minimum atomic E-state index is 0.0685. The standard InChI is InChI=1S/C28H25NOS/c1-18-17-31-27-22(18)9-10-26-24(27)15-21(30-26)11-12-29-16-19-13-20-7-5-6-8-23(20)25(14-19)28(2,3)4/h5-17H,1-4H3/b12-11-,29-16?. The van der Waals surface area contributed by atoms with Gasteiger partial charge in [-0.05, 0) is 87.0 Å². The highest BCUT2D eigenvalue weighted by Gasteiger charge is 2.17. The molecule has 0 fully saturated rings. The van der Waals surface area contributed by atoms with Crippen LogP contribution in [0.2, 0.25) is 0 Å². The molecule has 0 radical (unpaired) electrons. The van der Waals surface area contributed by atoms with E-state index in [2.05, 4.69) is 92.7 Å². The number of furan rings is 1. The monoisotopic (exact) mass is 423 g/mol. The van der Waals surface area contributed by atoms with E-state index in [0.717, 1.165) is 16.9 Å². The van der Waals surface area contributed by atoms with E-state index in [1.54, 1.807) is 17.5 Å². The summed E-state index contributed by atoms with van der Waals surface area (Å²) < 4.78 is 7.29. The number of rotatable bonds is 3. The zero-order valence-electron chi connectivity index (χ0n) is 18.3. The summed E-state index contributed by atoms with van der Waals surface area (Å²) in [5.41, 5.74) is 4.74. The van der Waals surface area contributed by atoms with Crippen molar-refractivity contribution in [3.8, 4) is 0 Å². The molecule has 0 N–H and O–H groups in total. The molecule has 0 bridgehead atoms. The van der Waals surface area contributed by atoms with E-state index >= 15 is 0 Å². The molecule has 0 spiro atoms. The molecule has 3 heteroatoms. The van der Waals surface area contributed by atoms with E-state index in [1.807, 2.05) is 12.3 Å². The van der Waals surface area contributed by atoms with Crippen molar-refractivity contribution in [1.82, 2.24) is 0 Å². The van der Waals surface area contributed by atoms with Crippen LogP contribution in [0.4, 0.5) is 0 Å². The van der Waals surface area contributed by atoms with Crippen LogP contribution in [0.25, 0.3) is 37.9 Å². The van der Waals surface area contributed by atoms with Crippen molar-refractivity contribution in [2.45, 2.75) is 33.1 Å². The molecule has 0 unspecified atom stereocenters. The zero-order valence-corrected chi connectivity index (χ0v) is 19.1. The van der Waals surface area contributed by atoms with Crippen LogP contribution in [0.15, 0.2) is 75.6 Å². The molecule has 5 rings (SSSR count). The van der Waals surface area contributed by atoms with Gasteiger partial charge in [0.25, 0.3) is 0 Å². The third kappa shape index (κ3) is 3.70. The van der Waals surface area contributed by atoms with Gasteiger partial charge in [-0.15, -0.1) is 11.3 Å². The lowest BCUT2D eigenvalue weighted by Gasteiger charge is -2.22. The Morgan fingerprint density at radius 1 is 0.935 bits per heavy atom. The topological polar surface area (TPSA) is 25.5 Å². The van der Waals surface area contributed by atoms with Crippen molar-refractivity contribution in [2.75, 3.05) is 0 Å². The Balaban J connectivity index is 1.45. The van der Waals surface area contributed by atoms with Gasteiger partial charge in [0.1, 0.15) is 11.3 Å². The van der Waals surface area contributed by atoms with Crippen LogP contribution in [-0.2, 0) is 5.41 Å². The van der Waals surface area contributed by atoms with Gasteiger partial charge in [0.2, 0.25) is 0 Å². The number of hydrogen-bond donors (Lipinski definition) is 0. The lowest BCUT2D eigenvalue weighted by molar-refractivity contribution is 0.596. The van der Waals surface area contributed by atoms with Crippen LogP contribution in [0.3, 0.4) is 0 Å². The van der Waals surface area contributed by atoms with Crippen LogP contribution in [-0.4, -0.2) is 6.21 Å². The van der Waals surface area contributed by atoms with Crippen LogP contribution in [0.5, 0.6) is 0 Å². The van der Waals surface area contributed by atoms with Gasteiger partial charge < -0.3 is 4.42 Å². The number of nitrogens with zero attached hydrogens (tertiary/aromatic N) is 1. The van der Waals surface area contributed by atoms with Gasteiger partial charge in [-0.3, -0.25) is 4.99 Å². The predicted molar refractivity (Wildman–Crippen MR) is 136 cm³/mol. The molecular formula is C28H25NOS. The Morgan fingerprint density at radius 2 is 1.77 bits per heavy atom. The molecule has 2 heterocycles. The van der Waals surface area contributed by atoms with Crippen LogP contribution in [0, 0.1) is 6.92 Å². The average molecular weight is 424 g/mol. The largest absolute Gasteiger partial charge is 0.457 e. The van der Waals surface area contributed by atoms with E-state index in [9.17, 15) is 0 Å². The smallest absolute Gasteiger partial charge is 0.136 e. The Bertz CT molecular complexity index is 1470. The molecule has 0 aliphatic carbocycles. The number of aryl methyl sites for hydroxylation is 1. The molecule has 0 aliphatic rings. The molecule has 0 atom stereocenters. The highest BCUT2D eigenvalue weighted by Crippen LogP contribution is 2.34. The maximum atomic E-state index is 6.01. The molecule has 0 saturated heterocycles. The normalized spacial score (nSPS) is 12.9. The molecule has 3 aromatic carbocycles. The number of hydrogen-bond acceptors (Lipinski definition) is 3. The molecule has 5 aromatic rings. The molecule has 0 aliphatic heterocycles. The van der Waals surface area contributed by atoms with Crippen LogP contribution >= 0.6 is 11.3 Å². The van der Waals surface area contributed by atoms with E-state index in [4.69, 9.17) is 4.42 Å². The summed E-state index contributed by atoms with van der Waals surface area (Å²) >= 11 is 1.77. The second-order valence-electron chi connectivity index (χ2n) is 9.06. The first-order chi connectivity index (χ1) is 14.9. The van der Waals surface area contributed by atoms with Gasteiger partial charge in [0.15, 0.2) is 0 Å². The summed E-state index contributed by atoms with van der Waals surface area (Å²) in [7, 11) is 0. The number of thiophene rings is 1. The first-order valence-corrected chi connectivity index (χ1v) is 11.4. The fraction of sp³-hybridized carbons (Fsp3) is 0.179. The van der Waals surface area contributed by atoms with Gasteiger partial charge in [0, 0.05) is 22.5 Å². The minimum Gasteiger partial charge on any atom is -0.457 e. The molecule has 0 amide bonds. The quantitative estimate of drug-likeness (QED) is 0.267. The van der Waals surface area contributed by atoms with E-state index in [-0.39, 0.29) is 5.41 Å². The molecule has 154 valence electrons. The van der Waals surface area contributed by atoms with Crippen molar-refractivity contribution in [1.29, 1.82) is 0 Å². The number of aliphatic imine (C=N–C) groups is 1. The summed E-state index contributed by atoms with van der Waals surface area (Å²) in [6.45, 7) is 8.91. The Labute approximate surface area is 186 Å². The maximum absolute atomic E-state index is 6.01. The van der Waals surface area contributed by atoms with Crippen LogP contribution < -0.4 is 0 Å². The average Bonchev–Trinajstić information content (AvgIpc) is 3.33. The van der Waals surface area contributed by atoms with Gasteiger partial charge in [-0.1, -0.05) is 45.0 Å². The lowest BCUT2D eigenvalue weighted by atomic mass is 9.83. The first kappa shape index (κ1) is 19.8. The van der Waals surface area contributed by atoms with Crippen LogP contribution in [0.1, 0.15) is 43.2 Å². The third-order valence-electron chi connectivity index (χ3n) is 5.69. The summed E-state index contributed by atoms with van der Waals surface area (Å²) in [6, 6.07) is 19.3. The molecule has 31 heavy (non-hydrogen) atoms. The van der Waals surface area contributed by atoms with Crippen molar-refractivity contribution in [3.63, 3.8) is 0 Å². The number of benzene rings is 3.